The normalized spacial score (nSPS) is 21.2. The Morgan fingerprint density at radius 2 is 0.984 bits per heavy atom. The number of aliphatic hydroxyl groups excluding tert-OH is 5. The Kier molecular flexibility index (Phi) is 39.3. The minimum Gasteiger partial charge on any atom is -0.394 e. The number of aliphatic hydroxyl groups is 5. The van der Waals surface area contributed by atoms with E-state index in [1.807, 2.05) is 6.08 Å². The van der Waals surface area contributed by atoms with Gasteiger partial charge in [-0.1, -0.05) is 187 Å². The molecule has 0 bridgehead atoms. The van der Waals surface area contributed by atoms with Crippen LogP contribution in [0.5, 0.6) is 0 Å². The van der Waals surface area contributed by atoms with Gasteiger partial charge in [-0.15, -0.1) is 0 Å². The fourth-order valence-corrected chi connectivity index (χ4v) is 6.93. The topological polar surface area (TPSA) is 149 Å². The van der Waals surface area contributed by atoms with E-state index in [1.165, 1.54) is 44.9 Å². The van der Waals surface area contributed by atoms with Crippen molar-refractivity contribution in [1.82, 2.24) is 5.32 Å². The Bertz CT molecular complexity index is 1340. The van der Waals surface area contributed by atoms with Crippen molar-refractivity contribution < 1.29 is 39.8 Å². The molecule has 63 heavy (non-hydrogen) atoms. The van der Waals surface area contributed by atoms with Crippen molar-refractivity contribution in [2.45, 2.75) is 211 Å². The number of carbonyl (C=O) groups is 1. The van der Waals surface area contributed by atoms with Crippen LogP contribution in [-0.4, -0.2) is 87.5 Å². The van der Waals surface area contributed by atoms with Crippen molar-refractivity contribution in [2.24, 2.45) is 0 Å². The first-order valence-electron chi connectivity index (χ1n) is 24.6. The quantitative estimate of drug-likeness (QED) is 0.0264. The molecule has 0 aliphatic carbocycles. The molecule has 6 N–H and O–H groups in total. The second-order valence-corrected chi connectivity index (χ2v) is 16.5. The molecule has 9 heteroatoms. The molecule has 1 aliphatic rings. The highest BCUT2D eigenvalue weighted by Crippen LogP contribution is 2.22. The van der Waals surface area contributed by atoms with Gasteiger partial charge < -0.3 is 40.3 Å². The SMILES string of the molecule is CC/C=C\C/C=C\C/C=C\C/C=C\C/C=C\C/C=C\C/C=C\C/C=C\CCCCCCCCCCC(=O)NC(COC1OC(CO)C(O)C(O)C1O)C(O)/C=C/CCCCCCC. The molecule has 0 aromatic rings. The predicted octanol–water partition coefficient (Wildman–Crippen LogP) is 11.1. The van der Waals surface area contributed by atoms with Gasteiger partial charge >= 0.3 is 0 Å². The standard InChI is InChI=1S/C54H89NO8/c1-3-5-7-9-11-12-13-14-15-16-17-18-19-20-21-22-23-24-25-26-27-28-29-30-31-32-33-34-35-36-38-40-42-44-50(58)55-47(48(57)43-41-39-37-10-8-6-4-2)46-62-54-53(61)52(60)51(59)49(45-56)63-54/h5,7,11-12,14-15,17-18,20-21,23-24,26-27,29-30,41,43,47-49,51-54,56-57,59-61H,3-4,6,8-10,13,16,19,22,25,28,31-40,42,44-46H2,1-2H3,(H,55,58)/b7-5-,12-11-,15-14-,18-17-,21-20-,24-23-,27-26-,30-29-,43-41+. The molecule has 0 spiro atoms. The first kappa shape index (κ1) is 57.9. The lowest BCUT2D eigenvalue weighted by molar-refractivity contribution is -0.302. The highest BCUT2D eigenvalue weighted by molar-refractivity contribution is 5.76. The number of hydrogen-bond donors (Lipinski definition) is 6. The number of nitrogens with one attached hydrogen (secondary N) is 1. The lowest BCUT2D eigenvalue weighted by Gasteiger charge is -2.40. The van der Waals surface area contributed by atoms with Crippen LogP contribution in [0.1, 0.15) is 168 Å². The second-order valence-electron chi connectivity index (χ2n) is 16.5. The van der Waals surface area contributed by atoms with E-state index in [0.717, 1.165) is 103 Å². The minimum absolute atomic E-state index is 0.196. The number of allylic oxidation sites excluding steroid dienone is 17. The lowest BCUT2D eigenvalue weighted by Crippen LogP contribution is -2.60. The van der Waals surface area contributed by atoms with Crippen molar-refractivity contribution >= 4 is 5.91 Å². The van der Waals surface area contributed by atoms with E-state index in [2.05, 4.69) is 116 Å². The summed E-state index contributed by atoms with van der Waals surface area (Å²) in [5.74, 6) is -0.196. The van der Waals surface area contributed by atoms with E-state index in [-0.39, 0.29) is 12.5 Å². The van der Waals surface area contributed by atoms with E-state index in [9.17, 15) is 30.3 Å². The van der Waals surface area contributed by atoms with Crippen molar-refractivity contribution in [1.29, 1.82) is 0 Å². The zero-order chi connectivity index (χ0) is 45.9. The highest BCUT2D eigenvalue weighted by Gasteiger charge is 2.44. The highest BCUT2D eigenvalue weighted by atomic mass is 16.7. The molecule has 1 heterocycles. The Hall–Kier alpha value is -3.15. The molecule has 0 aromatic carbocycles. The van der Waals surface area contributed by atoms with E-state index >= 15 is 0 Å². The molecule has 0 saturated carbocycles. The first-order valence-corrected chi connectivity index (χ1v) is 24.6. The largest absolute Gasteiger partial charge is 0.394 e. The maximum atomic E-state index is 12.9. The molecule has 9 nitrogen and oxygen atoms in total. The summed E-state index contributed by atoms with van der Waals surface area (Å²) in [6.07, 6.45) is 56.0. The van der Waals surface area contributed by atoms with Gasteiger partial charge in [0.1, 0.15) is 24.4 Å². The van der Waals surface area contributed by atoms with Crippen LogP contribution in [0.15, 0.2) is 109 Å². The van der Waals surface area contributed by atoms with Crippen LogP contribution in [0.3, 0.4) is 0 Å². The molecule has 1 aliphatic heterocycles. The van der Waals surface area contributed by atoms with Gasteiger partial charge in [-0.25, -0.2) is 0 Å². The molecule has 358 valence electrons. The number of rotatable bonds is 39. The van der Waals surface area contributed by atoms with E-state index in [0.29, 0.717) is 6.42 Å². The van der Waals surface area contributed by atoms with Crippen LogP contribution >= 0.6 is 0 Å². The van der Waals surface area contributed by atoms with Crippen molar-refractivity contribution in [2.75, 3.05) is 13.2 Å². The molecular formula is C54H89NO8. The van der Waals surface area contributed by atoms with Gasteiger partial charge in [-0.3, -0.25) is 4.79 Å². The number of unbranched alkanes of at least 4 members (excludes halogenated alkanes) is 13. The molecule has 1 amide bonds. The fraction of sp³-hybridized carbons (Fsp3) is 0.648. The lowest BCUT2D eigenvalue weighted by atomic mass is 9.99. The smallest absolute Gasteiger partial charge is 0.220 e. The second kappa shape index (κ2) is 42.8. The van der Waals surface area contributed by atoms with Gasteiger partial charge in [0.05, 0.1) is 25.4 Å². The first-order chi connectivity index (χ1) is 30.8. The predicted molar refractivity (Wildman–Crippen MR) is 262 cm³/mol. The third-order valence-corrected chi connectivity index (χ3v) is 10.9. The third kappa shape index (κ3) is 33.1. The van der Waals surface area contributed by atoms with Gasteiger partial charge in [0, 0.05) is 6.42 Å². The Morgan fingerprint density at radius 3 is 1.46 bits per heavy atom. The van der Waals surface area contributed by atoms with Gasteiger partial charge in [0.2, 0.25) is 5.91 Å². The van der Waals surface area contributed by atoms with Crippen LogP contribution in [0, 0.1) is 0 Å². The van der Waals surface area contributed by atoms with E-state index in [1.54, 1.807) is 6.08 Å². The Morgan fingerprint density at radius 1 is 0.556 bits per heavy atom. The molecule has 0 radical (unpaired) electrons. The van der Waals surface area contributed by atoms with E-state index in [4.69, 9.17) is 9.47 Å². The van der Waals surface area contributed by atoms with Crippen LogP contribution in [-0.2, 0) is 14.3 Å². The monoisotopic (exact) mass is 880 g/mol. The summed E-state index contributed by atoms with van der Waals surface area (Å²) < 4.78 is 11.1. The third-order valence-electron chi connectivity index (χ3n) is 10.9. The van der Waals surface area contributed by atoms with Crippen LogP contribution in [0.25, 0.3) is 0 Å². The van der Waals surface area contributed by atoms with Gasteiger partial charge in [-0.05, 0) is 83.5 Å². The number of ether oxygens (including phenoxy) is 2. The Balaban J connectivity index is 2.16. The summed E-state index contributed by atoms with van der Waals surface area (Å²) >= 11 is 0. The summed E-state index contributed by atoms with van der Waals surface area (Å²) in [5.41, 5.74) is 0. The van der Waals surface area contributed by atoms with Crippen LogP contribution < -0.4 is 5.32 Å². The molecule has 7 atom stereocenters. The molecule has 1 fully saturated rings. The number of carbonyl (C=O) groups excluding carboxylic acids is 1. The van der Waals surface area contributed by atoms with Crippen molar-refractivity contribution in [3.8, 4) is 0 Å². The minimum atomic E-state index is -1.57. The fourth-order valence-electron chi connectivity index (χ4n) is 6.93. The molecule has 1 saturated heterocycles. The van der Waals surface area contributed by atoms with Gasteiger partial charge in [0.15, 0.2) is 6.29 Å². The number of amides is 1. The molecule has 0 aromatic heterocycles. The van der Waals surface area contributed by atoms with E-state index < -0.39 is 49.5 Å². The summed E-state index contributed by atoms with van der Waals surface area (Å²) in [5, 5.41) is 53.9. The maximum absolute atomic E-state index is 12.9. The average Bonchev–Trinajstić information content (AvgIpc) is 3.28. The summed E-state index contributed by atoms with van der Waals surface area (Å²) in [4.78, 5) is 12.9. The molecular weight excluding hydrogens is 791 g/mol. The van der Waals surface area contributed by atoms with Crippen LogP contribution in [0.2, 0.25) is 0 Å². The summed E-state index contributed by atoms with van der Waals surface area (Å²) in [6, 6.07) is -0.813. The average molecular weight is 880 g/mol. The zero-order valence-electron chi connectivity index (χ0n) is 39.3. The Labute approximate surface area is 383 Å². The molecule has 1 rings (SSSR count). The van der Waals surface area contributed by atoms with Crippen molar-refractivity contribution in [3.63, 3.8) is 0 Å². The summed E-state index contributed by atoms with van der Waals surface area (Å²) in [6.45, 7) is 3.56. The van der Waals surface area contributed by atoms with Crippen LogP contribution in [0.4, 0.5) is 0 Å². The molecule has 7 unspecified atom stereocenters. The number of hydrogen-bond acceptors (Lipinski definition) is 8. The zero-order valence-corrected chi connectivity index (χ0v) is 39.3. The maximum Gasteiger partial charge on any atom is 0.220 e. The summed E-state index contributed by atoms with van der Waals surface area (Å²) in [7, 11) is 0. The van der Waals surface area contributed by atoms with Crippen molar-refractivity contribution in [3.05, 3.63) is 109 Å². The van der Waals surface area contributed by atoms with Gasteiger partial charge in [0.25, 0.3) is 0 Å². The van der Waals surface area contributed by atoms with Gasteiger partial charge in [-0.2, -0.15) is 0 Å².